The number of hydrogen-bond acceptors (Lipinski definition) is 3. The van der Waals surface area contributed by atoms with E-state index in [-0.39, 0.29) is 18.3 Å². The SMILES string of the molecule is CNC1CCCN(CCC(=O)Nc2cccc3ccccc23)C1.Cl. The van der Waals surface area contributed by atoms with Gasteiger partial charge in [-0.25, -0.2) is 0 Å². The van der Waals surface area contributed by atoms with Crippen molar-refractivity contribution in [1.29, 1.82) is 0 Å². The van der Waals surface area contributed by atoms with Crippen LogP contribution in [0, 0.1) is 0 Å². The van der Waals surface area contributed by atoms with Crippen LogP contribution in [0.2, 0.25) is 0 Å². The molecule has 4 nitrogen and oxygen atoms in total. The van der Waals surface area contributed by atoms with Crippen LogP contribution in [0.3, 0.4) is 0 Å². The smallest absolute Gasteiger partial charge is 0.225 e. The van der Waals surface area contributed by atoms with E-state index in [2.05, 4.69) is 27.7 Å². The summed E-state index contributed by atoms with van der Waals surface area (Å²) in [4.78, 5) is 14.7. The highest BCUT2D eigenvalue weighted by atomic mass is 35.5. The highest BCUT2D eigenvalue weighted by Gasteiger charge is 2.18. The van der Waals surface area contributed by atoms with Crippen LogP contribution >= 0.6 is 12.4 Å². The van der Waals surface area contributed by atoms with Gasteiger partial charge in [0, 0.05) is 36.6 Å². The number of likely N-dealkylation sites (N-methyl/N-ethyl adjacent to an activating group) is 1. The number of nitrogens with one attached hydrogen (secondary N) is 2. The average Bonchev–Trinajstić information content (AvgIpc) is 2.60. The maximum Gasteiger partial charge on any atom is 0.225 e. The van der Waals surface area contributed by atoms with E-state index in [1.807, 2.05) is 37.4 Å². The Labute approximate surface area is 150 Å². The fourth-order valence-corrected chi connectivity index (χ4v) is 3.30. The van der Waals surface area contributed by atoms with Crippen LogP contribution in [-0.2, 0) is 4.79 Å². The number of benzene rings is 2. The highest BCUT2D eigenvalue weighted by Crippen LogP contribution is 2.23. The van der Waals surface area contributed by atoms with E-state index in [4.69, 9.17) is 0 Å². The van der Waals surface area contributed by atoms with E-state index >= 15 is 0 Å². The lowest BCUT2D eigenvalue weighted by Crippen LogP contribution is -2.45. The molecule has 5 heteroatoms. The maximum atomic E-state index is 12.3. The Balaban J connectivity index is 0.00000208. The Kier molecular flexibility index (Phi) is 7.03. The topological polar surface area (TPSA) is 44.4 Å². The van der Waals surface area contributed by atoms with E-state index in [1.165, 1.54) is 12.8 Å². The van der Waals surface area contributed by atoms with Gasteiger partial charge in [0.1, 0.15) is 0 Å². The minimum absolute atomic E-state index is 0. The van der Waals surface area contributed by atoms with Gasteiger partial charge in [-0.05, 0) is 37.9 Å². The van der Waals surface area contributed by atoms with Crippen molar-refractivity contribution in [3.05, 3.63) is 42.5 Å². The second kappa shape index (κ2) is 9.02. The number of fused-ring (bicyclic) bond motifs is 1. The number of anilines is 1. The van der Waals surface area contributed by atoms with Crippen molar-refractivity contribution < 1.29 is 4.79 Å². The quantitative estimate of drug-likeness (QED) is 0.872. The van der Waals surface area contributed by atoms with Gasteiger partial charge in [0.05, 0.1) is 0 Å². The van der Waals surface area contributed by atoms with Crippen LogP contribution < -0.4 is 10.6 Å². The van der Waals surface area contributed by atoms with Crippen molar-refractivity contribution in [1.82, 2.24) is 10.2 Å². The zero-order chi connectivity index (χ0) is 16.1. The molecule has 0 spiro atoms. The van der Waals surface area contributed by atoms with E-state index in [9.17, 15) is 4.79 Å². The minimum atomic E-state index is 0. The number of amides is 1. The Morgan fingerprint density at radius 2 is 2.00 bits per heavy atom. The van der Waals surface area contributed by atoms with Crippen molar-refractivity contribution in [3.63, 3.8) is 0 Å². The zero-order valence-electron chi connectivity index (χ0n) is 14.1. The molecule has 1 aliphatic rings. The summed E-state index contributed by atoms with van der Waals surface area (Å²) in [6.45, 7) is 2.96. The van der Waals surface area contributed by atoms with Crippen LogP contribution in [0.1, 0.15) is 19.3 Å². The summed E-state index contributed by atoms with van der Waals surface area (Å²) in [5.74, 6) is 0.0907. The number of carbonyl (C=O) groups is 1. The molecular weight excluding hydrogens is 322 g/mol. The molecule has 1 unspecified atom stereocenters. The highest BCUT2D eigenvalue weighted by molar-refractivity contribution is 6.02. The summed E-state index contributed by atoms with van der Waals surface area (Å²) in [6, 6.07) is 14.7. The first-order chi connectivity index (χ1) is 11.3. The third kappa shape index (κ3) is 4.69. The minimum Gasteiger partial charge on any atom is -0.325 e. The molecular formula is C19H26ClN3O. The van der Waals surface area contributed by atoms with Gasteiger partial charge in [0.2, 0.25) is 5.91 Å². The standard InChI is InChI=1S/C19H25N3O.ClH/c1-20-16-8-5-12-22(14-16)13-11-19(23)21-18-10-4-7-15-6-2-3-9-17(15)18;/h2-4,6-7,9-10,16,20H,5,8,11-14H2,1H3,(H,21,23);1H. The Morgan fingerprint density at radius 1 is 1.21 bits per heavy atom. The molecule has 0 saturated carbocycles. The van der Waals surface area contributed by atoms with Gasteiger partial charge < -0.3 is 15.5 Å². The molecule has 1 atom stereocenters. The van der Waals surface area contributed by atoms with Crippen LogP contribution in [-0.4, -0.2) is 43.5 Å². The summed E-state index contributed by atoms with van der Waals surface area (Å²) < 4.78 is 0. The lowest BCUT2D eigenvalue weighted by atomic mass is 10.1. The molecule has 2 aromatic carbocycles. The van der Waals surface area contributed by atoms with Crippen molar-refractivity contribution in [2.45, 2.75) is 25.3 Å². The maximum absolute atomic E-state index is 12.3. The summed E-state index contributed by atoms with van der Waals surface area (Å²) in [5.41, 5.74) is 0.903. The molecule has 24 heavy (non-hydrogen) atoms. The molecule has 1 saturated heterocycles. The number of hydrogen-bond donors (Lipinski definition) is 2. The fraction of sp³-hybridized carbons (Fsp3) is 0.421. The molecule has 1 aliphatic heterocycles. The van der Waals surface area contributed by atoms with Gasteiger partial charge in [0.25, 0.3) is 0 Å². The molecule has 0 bridgehead atoms. The van der Waals surface area contributed by atoms with Gasteiger partial charge in [-0.15, -0.1) is 12.4 Å². The summed E-state index contributed by atoms with van der Waals surface area (Å²) in [6.07, 6.45) is 2.98. The van der Waals surface area contributed by atoms with Crippen molar-refractivity contribution >= 4 is 34.8 Å². The number of carbonyl (C=O) groups excluding carboxylic acids is 1. The number of likely N-dealkylation sites (tertiary alicyclic amines) is 1. The first kappa shape index (κ1) is 18.7. The van der Waals surface area contributed by atoms with E-state index in [0.29, 0.717) is 12.5 Å². The average molecular weight is 348 g/mol. The molecule has 0 radical (unpaired) electrons. The molecule has 0 aromatic heterocycles. The van der Waals surface area contributed by atoms with Crippen LogP contribution in [0.25, 0.3) is 10.8 Å². The van der Waals surface area contributed by atoms with E-state index in [0.717, 1.165) is 36.1 Å². The Bertz CT molecular complexity index is 671. The molecule has 1 heterocycles. The van der Waals surface area contributed by atoms with E-state index < -0.39 is 0 Å². The van der Waals surface area contributed by atoms with Crippen molar-refractivity contribution in [2.24, 2.45) is 0 Å². The number of halogens is 1. The fourth-order valence-electron chi connectivity index (χ4n) is 3.30. The molecule has 0 aliphatic carbocycles. The third-order valence-corrected chi connectivity index (χ3v) is 4.63. The normalized spacial score (nSPS) is 18.1. The summed E-state index contributed by atoms with van der Waals surface area (Å²) in [7, 11) is 2.02. The predicted octanol–water partition coefficient (Wildman–Crippen LogP) is 3.27. The molecule has 130 valence electrons. The molecule has 2 N–H and O–H groups in total. The van der Waals surface area contributed by atoms with Crippen molar-refractivity contribution in [2.75, 3.05) is 32.0 Å². The largest absolute Gasteiger partial charge is 0.325 e. The van der Waals surface area contributed by atoms with Gasteiger partial charge in [-0.3, -0.25) is 4.79 Å². The van der Waals surface area contributed by atoms with Gasteiger partial charge in [-0.1, -0.05) is 36.4 Å². The molecule has 2 aromatic rings. The first-order valence-electron chi connectivity index (χ1n) is 8.43. The third-order valence-electron chi connectivity index (χ3n) is 4.63. The second-order valence-corrected chi connectivity index (χ2v) is 6.25. The first-order valence-corrected chi connectivity index (χ1v) is 8.43. The van der Waals surface area contributed by atoms with Crippen LogP contribution in [0.15, 0.2) is 42.5 Å². The van der Waals surface area contributed by atoms with Gasteiger partial charge in [-0.2, -0.15) is 0 Å². The molecule has 3 rings (SSSR count). The van der Waals surface area contributed by atoms with E-state index in [1.54, 1.807) is 0 Å². The monoisotopic (exact) mass is 347 g/mol. The number of nitrogens with zero attached hydrogens (tertiary/aromatic N) is 1. The summed E-state index contributed by atoms with van der Waals surface area (Å²) in [5, 5.41) is 8.65. The van der Waals surface area contributed by atoms with Crippen LogP contribution in [0.5, 0.6) is 0 Å². The second-order valence-electron chi connectivity index (χ2n) is 6.25. The zero-order valence-corrected chi connectivity index (χ0v) is 14.9. The molecule has 1 fully saturated rings. The van der Waals surface area contributed by atoms with Crippen molar-refractivity contribution in [3.8, 4) is 0 Å². The number of rotatable bonds is 5. The lowest BCUT2D eigenvalue weighted by Gasteiger charge is -2.32. The Hall–Kier alpha value is -1.62. The van der Waals surface area contributed by atoms with Gasteiger partial charge in [0.15, 0.2) is 0 Å². The predicted molar refractivity (Wildman–Crippen MR) is 103 cm³/mol. The lowest BCUT2D eigenvalue weighted by molar-refractivity contribution is -0.116. The Morgan fingerprint density at radius 3 is 2.83 bits per heavy atom. The molecule has 1 amide bonds. The summed E-state index contributed by atoms with van der Waals surface area (Å²) >= 11 is 0. The van der Waals surface area contributed by atoms with Gasteiger partial charge >= 0.3 is 0 Å². The number of piperidine rings is 1. The van der Waals surface area contributed by atoms with Crippen LogP contribution in [0.4, 0.5) is 5.69 Å².